The van der Waals surface area contributed by atoms with Gasteiger partial charge in [-0.2, -0.15) is 10.5 Å². The average molecular weight is 357 g/mol. The molecule has 0 saturated carbocycles. The van der Waals surface area contributed by atoms with Gasteiger partial charge in [0.1, 0.15) is 30.1 Å². The summed E-state index contributed by atoms with van der Waals surface area (Å²) in [5.41, 5.74) is 3.64. The van der Waals surface area contributed by atoms with E-state index in [4.69, 9.17) is 38.5 Å². The summed E-state index contributed by atoms with van der Waals surface area (Å²) in [5.74, 6) is 0.772. The molecule has 120 valence electrons. The van der Waals surface area contributed by atoms with E-state index in [0.29, 0.717) is 16.7 Å². The highest BCUT2D eigenvalue weighted by atomic mass is 35.5. The SMILES string of the molecule is Cc1cc(C=C(C#N)C#N)cc(C)c1OCc1ccc(Cl)c(Cl)c1. The maximum Gasteiger partial charge on any atom is 0.130 e. The Balaban J connectivity index is 2.23. The van der Waals surface area contributed by atoms with Crippen LogP contribution in [0.2, 0.25) is 10.0 Å². The lowest BCUT2D eigenvalue weighted by molar-refractivity contribution is 0.302. The lowest BCUT2D eigenvalue weighted by Crippen LogP contribution is -1.99. The molecule has 0 aliphatic carbocycles. The highest BCUT2D eigenvalue weighted by Crippen LogP contribution is 2.28. The Kier molecular flexibility index (Phi) is 5.88. The summed E-state index contributed by atoms with van der Waals surface area (Å²) < 4.78 is 5.91. The van der Waals surface area contributed by atoms with Crippen LogP contribution < -0.4 is 4.74 Å². The first kappa shape index (κ1) is 17.9. The van der Waals surface area contributed by atoms with Crippen LogP contribution in [0.1, 0.15) is 22.3 Å². The van der Waals surface area contributed by atoms with Crippen LogP contribution in [0.4, 0.5) is 0 Å². The molecule has 5 heteroatoms. The first-order valence-corrected chi connectivity index (χ1v) is 7.90. The second kappa shape index (κ2) is 7.88. The summed E-state index contributed by atoms with van der Waals surface area (Å²) in [6.45, 7) is 4.22. The highest BCUT2D eigenvalue weighted by Gasteiger charge is 2.08. The summed E-state index contributed by atoms with van der Waals surface area (Å²) >= 11 is 11.9. The average Bonchev–Trinajstić information content (AvgIpc) is 2.55. The van der Waals surface area contributed by atoms with Crippen LogP contribution in [0.3, 0.4) is 0 Å². The number of hydrogen-bond acceptors (Lipinski definition) is 3. The van der Waals surface area contributed by atoms with Crippen molar-refractivity contribution < 1.29 is 4.74 Å². The van der Waals surface area contributed by atoms with Crippen molar-refractivity contribution in [3.05, 3.63) is 68.2 Å². The molecule has 0 heterocycles. The van der Waals surface area contributed by atoms with E-state index in [1.807, 2.05) is 44.2 Å². The summed E-state index contributed by atoms with van der Waals surface area (Å²) in [5, 5.41) is 18.7. The van der Waals surface area contributed by atoms with Crippen LogP contribution in [-0.2, 0) is 6.61 Å². The fraction of sp³-hybridized carbons (Fsp3) is 0.158. The lowest BCUT2D eigenvalue weighted by atomic mass is 10.0. The summed E-state index contributed by atoms with van der Waals surface area (Å²) in [4.78, 5) is 0. The standard InChI is InChI=1S/C19H14Cl2N2O/c1-12-5-15(7-16(9-22)10-23)6-13(2)19(12)24-11-14-3-4-17(20)18(21)8-14/h3-8H,11H2,1-2H3. The van der Waals surface area contributed by atoms with Crippen molar-refractivity contribution in [2.45, 2.75) is 20.5 Å². The second-order valence-corrected chi connectivity index (χ2v) is 6.12. The van der Waals surface area contributed by atoms with Crippen molar-refractivity contribution in [2.24, 2.45) is 0 Å². The maximum atomic E-state index is 8.85. The van der Waals surface area contributed by atoms with E-state index in [-0.39, 0.29) is 5.57 Å². The molecule has 0 spiro atoms. The van der Waals surface area contributed by atoms with E-state index in [1.54, 1.807) is 18.2 Å². The number of benzene rings is 2. The third kappa shape index (κ3) is 4.30. The number of nitrogens with zero attached hydrogens (tertiary/aromatic N) is 2. The largest absolute Gasteiger partial charge is 0.488 e. The van der Waals surface area contributed by atoms with Gasteiger partial charge < -0.3 is 4.74 Å². The Morgan fingerprint density at radius 2 is 1.67 bits per heavy atom. The number of rotatable bonds is 4. The lowest BCUT2D eigenvalue weighted by Gasteiger charge is -2.13. The van der Waals surface area contributed by atoms with Gasteiger partial charge in [-0.3, -0.25) is 0 Å². The quantitative estimate of drug-likeness (QED) is 0.667. The van der Waals surface area contributed by atoms with Crippen molar-refractivity contribution in [3.63, 3.8) is 0 Å². The third-order valence-corrected chi connectivity index (χ3v) is 4.14. The van der Waals surface area contributed by atoms with Crippen LogP contribution in [0.25, 0.3) is 6.08 Å². The first-order valence-electron chi connectivity index (χ1n) is 7.14. The number of ether oxygens (including phenoxy) is 1. The van der Waals surface area contributed by atoms with Gasteiger partial charge in [0.15, 0.2) is 0 Å². The van der Waals surface area contributed by atoms with Crippen molar-refractivity contribution in [3.8, 4) is 17.9 Å². The van der Waals surface area contributed by atoms with Gasteiger partial charge in [-0.1, -0.05) is 29.3 Å². The van der Waals surface area contributed by atoms with Crippen LogP contribution in [0.15, 0.2) is 35.9 Å². The smallest absolute Gasteiger partial charge is 0.130 e. The van der Waals surface area contributed by atoms with E-state index in [1.165, 1.54) is 0 Å². The molecule has 0 aromatic heterocycles. The Labute approximate surface area is 151 Å². The first-order chi connectivity index (χ1) is 11.4. The fourth-order valence-corrected chi connectivity index (χ4v) is 2.66. The predicted molar refractivity (Wildman–Crippen MR) is 95.9 cm³/mol. The molecule has 3 nitrogen and oxygen atoms in total. The normalized spacial score (nSPS) is 9.75. The van der Waals surface area contributed by atoms with Crippen molar-refractivity contribution in [1.82, 2.24) is 0 Å². The van der Waals surface area contributed by atoms with E-state index in [2.05, 4.69) is 0 Å². The zero-order valence-corrected chi connectivity index (χ0v) is 14.7. The number of hydrogen-bond donors (Lipinski definition) is 0. The zero-order valence-electron chi connectivity index (χ0n) is 13.2. The molecule has 0 unspecified atom stereocenters. The fourth-order valence-electron chi connectivity index (χ4n) is 2.34. The minimum absolute atomic E-state index is 0.0678. The molecule has 0 amide bonds. The van der Waals surface area contributed by atoms with Gasteiger partial charge in [-0.15, -0.1) is 0 Å². The Morgan fingerprint density at radius 1 is 1.04 bits per heavy atom. The molecule has 0 fully saturated rings. The van der Waals surface area contributed by atoms with Gasteiger partial charge in [0.2, 0.25) is 0 Å². The van der Waals surface area contributed by atoms with Gasteiger partial charge in [-0.25, -0.2) is 0 Å². The van der Waals surface area contributed by atoms with Crippen LogP contribution in [0.5, 0.6) is 5.75 Å². The van der Waals surface area contributed by atoms with Crippen molar-refractivity contribution >= 4 is 29.3 Å². The second-order valence-electron chi connectivity index (χ2n) is 5.30. The van der Waals surface area contributed by atoms with Gasteiger partial charge >= 0.3 is 0 Å². The summed E-state index contributed by atoms with van der Waals surface area (Å²) in [6.07, 6.45) is 1.56. The molecule has 24 heavy (non-hydrogen) atoms. The molecule has 2 aromatic rings. The molecule has 0 aliphatic rings. The number of allylic oxidation sites excluding steroid dienone is 1. The molecule has 0 atom stereocenters. The topological polar surface area (TPSA) is 56.8 Å². The molecular weight excluding hydrogens is 343 g/mol. The molecule has 0 radical (unpaired) electrons. The number of nitriles is 2. The molecule has 0 bridgehead atoms. The third-order valence-electron chi connectivity index (χ3n) is 3.40. The van der Waals surface area contributed by atoms with Crippen LogP contribution >= 0.6 is 23.2 Å². The van der Waals surface area contributed by atoms with Crippen LogP contribution in [0, 0.1) is 36.5 Å². The van der Waals surface area contributed by atoms with Gasteiger partial charge in [0, 0.05) is 0 Å². The van der Waals surface area contributed by atoms with Gasteiger partial charge in [0.25, 0.3) is 0 Å². The Bertz CT molecular complexity index is 850. The van der Waals surface area contributed by atoms with Crippen LogP contribution in [-0.4, -0.2) is 0 Å². The number of halogens is 2. The minimum Gasteiger partial charge on any atom is -0.488 e. The molecule has 2 aromatic carbocycles. The van der Waals surface area contributed by atoms with E-state index < -0.39 is 0 Å². The predicted octanol–water partition coefficient (Wildman–Crippen LogP) is 5.62. The molecule has 0 N–H and O–H groups in total. The summed E-state index contributed by atoms with van der Waals surface area (Å²) in [7, 11) is 0. The molecule has 0 aliphatic heterocycles. The van der Waals surface area contributed by atoms with E-state index in [0.717, 1.165) is 28.0 Å². The Morgan fingerprint density at radius 3 is 2.21 bits per heavy atom. The van der Waals surface area contributed by atoms with Gasteiger partial charge in [-0.05, 0) is 66.4 Å². The van der Waals surface area contributed by atoms with Crippen molar-refractivity contribution in [1.29, 1.82) is 10.5 Å². The minimum atomic E-state index is 0.0678. The molecular formula is C19H14Cl2N2O. The van der Waals surface area contributed by atoms with E-state index in [9.17, 15) is 0 Å². The molecule has 0 saturated heterocycles. The monoisotopic (exact) mass is 356 g/mol. The zero-order chi connectivity index (χ0) is 17.7. The van der Waals surface area contributed by atoms with Gasteiger partial charge in [0.05, 0.1) is 10.0 Å². The number of aryl methyl sites for hydroxylation is 2. The van der Waals surface area contributed by atoms with Crippen molar-refractivity contribution in [2.75, 3.05) is 0 Å². The summed E-state index contributed by atoms with van der Waals surface area (Å²) in [6, 6.07) is 12.8. The van der Waals surface area contributed by atoms with E-state index >= 15 is 0 Å². The highest BCUT2D eigenvalue weighted by molar-refractivity contribution is 6.42. The maximum absolute atomic E-state index is 8.85. The molecule has 2 rings (SSSR count). The Hall–Kier alpha value is -2.46.